The highest BCUT2D eigenvalue weighted by Gasteiger charge is 2.08. The van der Waals surface area contributed by atoms with Crippen molar-refractivity contribution in [1.82, 2.24) is 5.32 Å². The fourth-order valence-electron chi connectivity index (χ4n) is 1.27. The molecule has 0 fully saturated rings. The van der Waals surface area contributed by atoms with Gasteiger partial charge in [0.1, 0.15) is 0 Å². The first-order valence-electron chi connectivity index (χ1n) is 5.17. The maximum Gasteiger partial charge on any atom is 0.251 e. The van der Waals surface area contributed by atoms with Gasteiger partial charge in [-0.3, -0.25) is 4.79 Å². The molecule has 1 aromatic carbocycles. The first-order valence-corrected chi connectivity index (χ1v) is 6.56. The largest absolute Gasteiger partial charge is 0.394 e. The lowest BCUT2D eigenvalue weighted by Crippen LogP contribution is -2.34. The molecule has 1 amide bonds. The van der Waals surface area contributed by atoms with Gasteiger partial charge in [-0.05, 0) is 30.9 Å². The second kappa shape index (κ2) is 6.55. The first kappa shape index (κ1) is 13.1. The van der Waals surface area contributed by atoms with Crippen molar-refractivity contribution < 1.29 is 9.90 Å². The van der Waals surface area contributed by atoms with Gasteiger partial charge in [-0.15, -0.1) is 0 Å². The smallest absolute Gasteiger partial charge is 0.251 e. The van der Waals surface area contributed by atoms with Crippen molar-refractivity contribution in [3.05, 3.63) is 35.4 Å². The monoisotopic (exact) mass is 239 g/mol. The standard InChI is InChI=1S/C12H17NO2S/c1-9(7-14)13-12(15)11-5-3-10(4-6-11)8-16-2/h3-6,9,14H,7-8H2,1-2H3,(H,13,15)/t9-/m0/s1. The van der Waals surface area contributed by atoms with Crippen LogP contribution in [0.1, 0.15) is 22.8 Å². The molecular formula is C12H17NO2S. The van der Waals surface area contributed by atoms with E-state index in [-0.39, 0.29) is 18.6 Å². The van der Waals surface area contributed by atoms with E-state index in [1.54, 1.807) is 18.7 Å². The average Bonchev–Trinajstić information content (AvgIpc) is 2.30. The number of hydrogen-bond acceptors (Lipinski definition) is 3. The number of benzene rings is 1. The fourth-order valence-corrected chi connectivity index (χ4v) is 1.80. The quantitative estimate of drug-likeness (QED) is 0.821. The zero-order chi connectivity index (χ0) is 12.0. The molecule has 0 aliphatic heterocycles. The molecule has 0 bridgehead atoms. The van der Waals surface area contributed by atoms with E-state index in [2.05, 4.69) is 5.32 Å². The van der Waals surface area contributed by atoms with E-state index in [1.165, 1.54) is 5.56 Å². The number of aliphatic hydroxyl groups excluding tert-OH is 1. The van der Waals surface area contributed by atoms with Gasteiger partial charge in [-0.2, -0.15) is 11.8 Å². The van der Waals surface area contributed by atoms with Crippen LogP contribution in [0.3, 0.4) is 0 Å². The van der Waals surface area contributed by atoms with Crippen molar-refractivity contribution in [2.45, 2.75) is 18.7 Å². The fraction of sp³-hybridized carbons (Fsp3) is 0.417. The van der Waals surface area contributed by atoms with Crippen molar-refractivity contribution in [1.29, 1.82) is 0 Å². The Hall–Kier alpha value is -1.00. The van der Waals surface area contributed by atoms with Gasteiger partial charge in [-0.25, -0.2) is 0 Å². The summed E-state index contributed by atoms with van der Waals surface area (Å²) in [5.41, 5.74) is 1.84. The predicted molar refractivity (Wildman–Crippen MR) is 67.7 cm³/mol. The van der Waals surface area contributed by atoms with E-state index in [1.807, 2.05) is 30.5 Å². The van der Waals surface area contributed by atoms with Crippen molar-refractivity contribution in [3.63, 3.8) is 0 Å². The van der Waals surface area contributed by atoms with E-state index in [0.717, 1.165) is 5.75 Å². The summed E-state index contributed by atoms with van der Waals surface area (Å²) in [6.45, 7) is 1.72. The molecule has 3 nitrogen and oxygen atoms in total. The highest BCUT2D eigenvalue weighted by atomic mass is 32.2. The number of carbonyl (C=O) groups excluding carboxylic acids is 1. The third-order valence-electron chi connectivity index (χ3n) is 2.18. The lowest BCUT2D eigenvalue weighted by Gasteiger charge is -2.10. The maximum atomic E-state index is 11.7. The van der Waals surface area contributed by atoms with Crippen molar-refractivity contribution in [2.24, 2.45) is 0 Å². The Labute approximate surface area is 100 Å². The molecule has 1 atom stereocenters. The number of thioether (sulfide) groups is 1. The molecule has 0 saturated carbocycles. The van der Waals surface area contributed by atoms with Crippen LogP contribution in [0.5, 0.6) is 0 Å². The molecule has 0 saturated heterocycles. The van der Waals surface area contributed by atoms with Gasteiger partial charge in [0.2, 0.25) is 0 Å². The number of amides is 1. The van der Waals surface area contributed by atoms with Crippen LogP contribution in [-0.4, -0.2) is 29.9 Å². The molecule has 0 heterocycles. The molecule has 88 valence electrons. The second-order valence-electron chi connectivity index (χ2n) is 3.69. The summed E-state index contributed by atoms with van der Waals surface area (Å²) in [7, 11) is 0. The minimum atomic E-state index is -0.210. The molecule has 2 N–H and O–H groups in total. The Morgan fingerprint density at radius 3 is 2.56 bits per heavy atom. The van der Waals surface area contributed by atoms with E-state index in [9.17, 15) is 4.79 Å². The lowest BCUT2D eigenvalue weighted by atomic mass is 10.1. The minimum absolute atomic E-state index is 0.0453. The van der Waals surface area contributed by atoms with Crippen LogP contribution in [-0.2, 0) is 5.75 Å². The molecule has 0 spiro atoms. The summed E-state index contributed by atoms with van der Waals surface area (Å²) in [4.78, 5) is 11.7. The van der Waals surface area contributed by atoms with Crippen LogP contribution in [0.15, 0.2) is 24.3 Å². The van der Waals surface area contributed by atoms with Crippen molar-refractivity contribution in [2.75, 3.05) is 12.9 Å². The van der Waals surface area contributed by atoms with Crippen molar-refractivity contribution in [3.8, 4) is 0 Å². The van der Waals surface area contributed by atoms with Crippen LogP contribution >= 0.6 is 11.8 Å². The van der Waals surface area contributed by atoms with E-state index in [4.69, 9.17) is 5.11 Å². The number of aliphatic hydroxyl groups is 1. The maximum absolute atomic E-state index is 11.7. The minimum Gasteiger partial charge on any atom is -0.394 e. The lowest BCUT2D eigenvalue weighted by molar-refractivity contribution is 0.0922. The van der Waals surface area contributed by atoms with Gasteiger partial charge in [0.15, 0.2) is 0 Å². The van der Waals surface area contributed by atoms with Crippen molar-refractivity contribution >= 4 is 17.7 Å². The van der Waals surface area contributed by atoms with Gasteiger partial charge >= 0.3 is 0 Å². The molecular weight excluding hydrogens is 222 g/mol. The summed E-state index contributed by atoms with van der Waals surface area (Å²) < 4.78 is 0. The number of rotatable bonds is 5. The Bertz CT molecular complexity index is 337. The average molecular weight is 239 g/mol. The number of carbonyl (C=O) groups is 1. The van der Waals surface area contributed by atoms with Gasteiger partial charge in [-0.1, -0.05) is 12.1 Å². The summed E-state index contributed by atoms with van der Waals surface area (Å²) >= 11 is 1.75. The van der Waals surface area contributed by atoms with E-state index >= 15 is 0 Å². The third kappa shape index (κ3) is 3.87. The number of nitrogens with one attached hydrogen (secondary N) is 1. The molecule has 0 unspecified atom stereocenters. The normalized spacial score (nSPS) is 12.2. The Morgan fingerprint density at radius 2 is 2.06 bits per heavy atom. The Kier molecular flexibility index (Phi) is 5.35. The summed E-state index contributed by atoms with van der Waals surface area (Å²) in [5.74, 6) is 0.812. The molecule has 16 heavy (non-hydrogen) atoms. The van der Waals surface area contributed by atoms with Gasteiger partial charge < -0.3 is 10.4 Å². The van der Waals surface area contributed by atoms with Gasteiger partial charge in [0.05, 0.1) is 6.61 Å². The van der Waals surface area contributed by atoms with Crippen LogP contribution < -0.4 is 5.32 Å². The van der Waals surface area contributed by atoms with Gasteiger partial charge in [0, 0.05) is 17.4 Å². The molecule has 0 aliphatic carbocycles. The highest BCUT2D eigenvalue weighted by Crippen LogP contribution is 2.10. The molecule has 0 aliphatic rings. The zero-order valence-electron chi connectivity index (χ0n) is 9.56. The van der Waals surface area contributed by atoms with Crippen LogP contribution in [0.4, 0.5) is 0 Å². The second-order valence-corrected chi connectivity index (χ2v) is 4.55. The highest BCUT2D eigenvalue weighted by molar-refractivity contribution is 7.97. The van der Waals surface area contributed by atoms with Crippen LogP contribution in [0.2, 0.25) is 0 Å². The topological polar surface area (TPSA) is 49.3 Å². The zero-order valence-corrected chi connectivity index (χ0v) is 10.4. The molecule has 4 heteroatoms. The summed E-state index contributed by atoms with van der Waals surface area (Å²) in [6, 6.07) is 7.32. The predicted octanol–water partition coefficient (Wildman–Crippen LogP) is 1.66. The SMILES string of the molecule is CSCc1ccc(C(=O)N[C@@H](C)CO)cc1. The number of hydrogen-bond donors (Lipinski definition) is 2. The molecule has 1 rings (SSSR count). The molecule has 1 aromatic rings. The van der Waals surface area contributed by atoms with E-state index < -0.39 is 0 Å². The Morgan fingerprint density at radius 1 is 1.44 bits per heavy atom. The summed E-state index contributed by atoms with van der Waals surface area (Å²) in [5, 5.41) is 11.5. The summed E-state index contributed by atoms with van der Waals surface area (Å²) in [6.07, 6.45) is 2.05. The van der Waals surface area contributed by atoms with Crippen LogP contribution in [0.25, 0.3) is 0 Å². The third-order valence-corrected chi connectivity index (χ3v) is 2.80. The van der Waals surface area contributed by atoms with Crippen LogP contribution in [0, 0.1) is 0 Å². The molecule has 0 radical (unpaired) electrons. The first-order chi connectivity index (χ1) is 7.67. The molecule has 0 aromatic heterocycles. The Balaban J connectivity index is 2.63. The van der Waals surface area contributed by atoms with E-state index in [0.29, 0.717) is 5.56 Å². The van der Waals surface area contributed by atoms with Gasteiger partial charge in [0.25, 0.3) is 5.91 Å².